The van der Waals surface area contributed by atoms with Crippen molar-refractivity contribution in [3.8, 4) is 16.3 Å². The third-order valence-electron chi connectivity index (χ3n) is 10.1. The van der Waals surface area contributed by atoms with Gasteiger partial charge in [-0.25, -0.2) is 4.79 Å². The molecule has 2 saturated carbocycles. The first-order chi connectivity index (χ1) is 20.0. The Morgan fingerprint density at radius 2 is 1.88 bits per heavy atom. The monoisotopic (exact) mass is 585 g/mol. The number of nitrogens with two attached hydrogens (primary N) is 1. The first-order valence-corrected chi connectivity index (χ1v) is 15.8. The number of carbonyl (C=O) groups is 2. The molecule has 1 saturated heterocycles. The molecule has 2 unspecified atom stereocenters. The molecule has 2 N–H and O–H groups in total. The second-order valence-corrected chi connectivity index (χ2v) is 14.5. The summed E-state index contributed by atoms with van der Waals surface area (Å²) in [5.74, 6) is 1.47. The summed E-state index contributed by atoms with van der Waals surface area (Å²) in [5, 5.41) is 2.30. The Kier molecular flexibility index (Phi) is 6.18. The molecule has 42 heavy (non-hydrogen) atoms. The average molecular weight is 586 g/mol. The van der Waals surface area contributed by atoms with Crippen LogP contribution in [-0.4, -0.2) is 46.8 Å². The van der Waals surface area contributed by atoms with Gasteiger partial charge in [-0.1, -0.05) is 39.0 Å². The Morgan fingerprint density at radius 3 is 2.57 bits per heavy atom. The highest BCUT2D eigenvalue weighted by atomic mass is 32.1. The number of hydrogen-bond donors (Lipinski definition) is 1. The molecule has 0 radical (unpaired) electrons. The SMILES string of the molecule is COc1cc(C(=O)N2CC3CCC2(C(C)(C)C)[C@@H]3OC(N)=O)cc2sc(-c3cc4ccccc4n3CC3CC3)c(C)c12. The van der Waals surface area contributed by atoms with Gasteiger partial charge in [-0.2, -0.15) is 0 Å². The molecule has 2 amide bonds. The number of methoxy groups -OCH3 is 1. The van der Waals surface area contributed by atoms with E-state index in [1.807, 2.05) is 17.0 Å². The van der Waals surface area contributed by atoms with Crippen LogP contribution in [0.3, 0.4) is 0 Å². The summed E-state index contributed by atoms with van der Waals surface area (Å²) in [7, 11) is 1.68. The van der Waals surface area contributed by atoms with Crippen LogP contribution in [0, 0.1) is 24.2 Å². The number of carbonyl (C=O) groups excluding carboxylic acids is 2. The molecule has 2 bridgehead atoms. The zero-order valence-electron chi connectivity index (χ0n) is 25.0. The van der Waals surface area contributed by atoms with Gasteiger partial charge < -0.3 is 24.7 Å². The maximum atomic E-state index is 14.4. The summed E-state index contributed by atoms with van der Waals surface area (Å²) in [6, 6.07) is 14.8. The normalized spacial score (nSPS) is 23.7. The molecule has 1 aliphatic heterocycles. The van der Waals surface area contributed by atoms with Gasteiger partial charge in [0.1, 0.15) is 11.9 Å². The summed E-state index contributed by atoms with van der Waals surface area (Å²) in [4.78, 5) is 29.5. The van der Waals surface area contributed by atoms with Crippen LogP contribution >= 0.6 is 11.3 Å². The summed E-state index contributed by atoms with van der Waals surface area (Å²) < 4.78 is 15.2. The molecule has 220 valence electrons. The second-order valence-electron chi connectivity index (χ2n) is 13.5. The summed E-state index contributed by atoms with van der Waals surface area (Å²) >= 11 is 1.73. The minimum Gasteiger partial charge on any atom is -0.496 e. The quantitative estimate of drug-likeness (QED) is 0.256. The lowest BCUT2D eigenvalue weighted by atomic mass is 9.70. The first-order valence-electron chi connectivity index (χ1n) is 15.0. The van der Waals surface area contributed by atoms with E-state index in [9.17, 15) is 9.59 Å². The predicted molar refractivity (Wildman–Crippen MR) is 167 cm³/mol. The highest BCUT2D eigenvalue weighted by Gasteiger charge is 2.66. The number of para-hydroxylation sites is 1. The van der Waals surface area contributed by atoms with Crippen molar-refractivity contribution in [2.75, 3.05) is 13.7 Å². The Hall–Kier alpha value is -3.52. The molecule has 7 nitrogen and oxygen atoms in total. The van der Waals surface area contributed by atoms with Crippen LogP contribution in [0.5, 0.6) is 5.75 Å². The van der Waals surface area contributed by atoms with Crippen LogP contribution < -0.4 is 10.5 Å². The van der Waals surface area contributed by atoms with Crippen molar-refractivity contribution < 1.29 is 19.1 Å². The first kappa shape index (κ1) is 27.3. The van der Waals surface area contributed by atoms with Gasteiger partial charge in [-0.05, 0) is 73.8 Å². The van der Waals surface area contributed by atoms with Crippen molar-refractivity contribution in [2.45, 2.75) is 71.6 Å². The molecule has 3 heterocycles. The topological polar surface area (TPSA) is 86.8 Å². The molecular weight excluding hydrogens is 546 g/mol. The van der Waals surface area contributed by atoms with E-state index in [1.165, 1.54) is 39.9 Å². The number of aryl methyl sites for hydroxylation is 1. The van der Waals surface area contributed by atoms with E-state index in [-0.39, 0.29) is 17.2 Å². The standard InChI is InChI=1S/C34H39N3O4S/c1-19-28-26(40-5)15-23(31(38)37-18-22-12-13-34(37,33(2,3)4)30(22)41-32(35)39)16-27(28)42-29(19)25-14-21-8-6-7-9-24(21)36(25)17-20-10-11-20/h6-9,14-16,20,22,30H,10-13,17-18H2,1-5H3,(H2,35,39)/t22?,30-,34?/m1/s1. The van der Waals surface area contributed by atoms with Crippen molar-refractivity contribution in [1.29, 1.82) is 0 Å². The fourth-order valence-electron chi connectivity index (χ4n) is 7.93. The molecule has 3 atom stereocenters. The molecular formula is C34H39N3O4S. The maximum absolute atomic E-state index is 14.4. The number of thiophene rings is 1. The molecule has 2 aromatic heterocycles. The number of nitrogens with zero attached hydrogens (tertiary/aromatic N) is 2. The number of piperidine rings is 1. The lowest BCUT2D eigenvalue weighted by Crippen LogP contribution is -2.60. The third-order valence-corrected chi connectivity index (χ3v) is 11.4. The van der Waals surface area contributed by atoms with Crippen LogP contribution in [0.4, 0.5) is 4.79 Å². The number of benzene rings is 2. The van der Waals surface area contributed by atoms with Gasteiger partial charge in [-0.3, -0.25) is 4.79 Å². The summed E-state index contributed by atoms with van der Waals surface area (Å²) in [5.41, 5.74) is 8.84. The van der Waals surface area contributed by atoms with E-state index in [0.29, 0.717) is 17.9 Å². The van der Waals surface area contributed by atoms with Gasteiger partial charge in [-0.15, -0.1) is 11.3 Å². The zero-order chi connectivity index (χ0) is 29.6. The fraction of sp³-hybridized carbons (Fsp3) is 0.471. The number of rotatable bonds is 6. The van der Waals surface area contributed by atoms with Crippen molar-refractivity contribution in [3.05, 3.63) is 53.6 Å². The number of primary amides is 1. The molecule has 4 aromatic rings. The Labute approximate surface area is 250 Å². The number of hydrogen-bond acceptors (Lipinski definition) is 5. The molecule has 3 fully saturated rings. The Balaban J connectivity index is 1.33. The van der Waals surface area contributed by atoms with Gasteiger partial charge in [0, 0.05) is 45.6 Å². The van der Waals surface area contributed by atoms with Gasteiger partial charge in [0.15, 0.2) is 0 Å². The fourth-order valence-corrected chi connectivity index (χ4v) is 9.22. The number of amides is 2. The van der Waals surface area contributed by atoms with Crippen LogP contribution in [0.2, 0.25) is 0 Å². The molecule has 2 aliphatic carbocycles. The van der Waals surface area contributed by atoms with Gasteiger partial charge in [0.2, 0.25) is 0 Å². The van der Waals surface area contributed by atoms with Crippen molar-refractivity contribution in [3.63, 3.8) is 0 Å². The van der Waals surface area contributed by atoms with Gasteiger partial charge >= 0.3 is 6.09 Å². The summed E-state index contributed by atoms with van der Waals surface area (Å²) in [6.45, 7) is 10.1. The maximum Gasteiger partial charge on any atom is 0.404 e. The van der Waals surface area contributed by atoms with E-state index in [1.54, 1.807) is 18.4 Å². The lowest BCUT2D eigenvalue weighted by Gasteiger charge is -2.49. The van der Waals surface area contributed by atoms with E-state index in [0.717, 1.165) is 35.4 Å². The minimum absolute atomic E-state index is 0.0548. The number of likely N-dealkylation sites (tertiary alicyclic amines) is 1. The van der Waals surface area contributed by atoms with Crippen LogP contribution in [0.25, 0.3) is 31.6 Å². The predicted octanol–water partition coefficient (Wildman–Crippen LogP) is 7.36. The van der Waals surface area contributed by atoms with E-state index >= 15 is 0 Å². The van der Waals surface area contributed by atoms with E-state index in [2.05, 4.69) is 62.6 Å². The van der Waals surface area contributed by atoms with E-state index < -0.39 is 17.7 Å². The minimum atomic E-state index is -0.779. The highest BCUT2D eigenvalue weighted by molar-refractivity contribution is 7.22. The molecule has 8 heteroatoms. The van der Waals surface area contributed by atoms with Crippen molar-refractivity contribution in [2.24, 2.45) is 23.0 Å². The Bertz CT molecular complexity index is 1740. The van der Waals surface area contributed by atoms with Crippen LogP contribution in [-0.2, 0) is 11.3 Å². The zero-order valence-corrected chi connectivity index (χ0v) is 25.8. The number of fused-ring (bicyclic) bond motifs is 4. The molecule has 0 spiro atoms. The number of ether oxygens (including phenoxy) is 2. The van der Waals surface area contributed by atoms with Crippen molar-refractivity contribution >= 4 is 44.3 Å². The molecule has 2 aromatic carbocycles. The number of aromatic nitrogens is 1. The third kappa shape index (κ3) is 3.98. The molecule has 7 rings (SSSR count). The molecule has 3 aliphatic rings. The average Bonchev–Trinajstić information content (AvgIpc) is 3.34. The highest BCUT2D eigenvalue weighted by Crippen LogP contribution is 2.57. The van der Waals surface area contributed by atoms with Gasteiger partial charge in [0.25, 0.3) is 5.91 Å². The summed E-state index contributed by atoms with van der Waals surface area (Å²) in [6.07, 6.45) is 3.07. The Morgan fingerprint density at radius 1 is 1.12 bits per heavy atom. The van der Waals surface area contributed by atoms with Gasteiger partial charge in [0.05, 0.1) is 23.2 Å². The largest absolute Gasteiger partial charge is 0.496 e. The van der Waals surface area contributed by atoms with Crippen LogP contribution in [0.15, 0.2) is 42.5 Å². The smallest absolute Gasteiger partial charge is 0.404 e. The van der Waals surface area contributed by atoms with Crippen LogP contribution in [0.1, 0.15) is 62.4 Å². The van der Waals surface area contributed by atoms with Crippen molar-refractivity contribution in [1.82, 2.24) is 9.47 Å². The second kappa shape index (κ2) is 9.49. The van der Waals surface area contributed by atoms with E-state index in [4.69, 9.17) is 15.2 Å². The lowest BCUT2D eigenvalue weighted by molar-refractivity contribution is -0.0359.